The summed E-state index contributed by atoms with van der Waals surface area (Å²) < 4.78 is 17.0. The Bertz CT molecular complexity index is 1330. The highest BCUT2D eigenvalue weighted by Gasteiger charge is 2.19. The van der Waals surface area contributed by atoms with Crippen LogP contribution < -0.4 is 0 Å². The minimum Gasteiger partial charge on any atom is -0.462 e. The van der Waals surface area contributed by atoms with Crippen molar-refractivity contribution < 1.29 is 28.6 Å². The third-order valence-electron chi connectivity index (χ3n) is 15.3. The summed E-state index contributed by atoms with van der Waals surface area (Å²) in [6.45, 7) is 6.60. The van der Waals surface area contributed by atoms with Crippen molar-refractivity contribution in [1.29, 1.82) is 0 Å². The molecule has 1 atom stereocenters. The Morgan fingerprint density at radius 3 is 0.792 bits per heavy atom. The Hall–Kier alpha value is -2.63. The molecule has 0 heterocycles. The Morgan fingerprint density at radius 2 is 0.506 bits per heavy atom. The molecule has 0 aliphatic carbocycles. The van der Waals surface area contributed by atoms with Crippen LogP contribution in [0.3, 0.4) is 0 Å². The van der Waals surface area contributed by atoms with Crippen LogP contribution in [0.5, 0.6) is 0 Å². The molecule has 0 fully saturated rings. The first-order valence-electron chi connectivity index (χ1n) is 34.1. The van der Waals surface area contributed by atoms with Gasteiger partial charge >= 0.3 is 17.9 Å². The number of allylic oxidation sites excluding steroid dienone is 8. The molecule has 0 bridgehead atoms. The molecule has 0 saturated heterocycles. The maximum Gasteiger partial charge on any atom is 0.306 e. The average Bonchev–Trinajstić information content (AvgIpc) is 3.43. The number of esters is 3. The Labute approximate surface area is 479 Å². The van der Waals surface area contributed by atoms with Crippen LogP contribution >= 0.6 is 0 Å². The first-order chi connectivity index (χ1) is 38.0. The predicted molar refractivity (Wildman–Crippen MR) is 335 cm³/mol. The molecule has 0 aromatic heterocycles. The molecule has 0 saturated carbocycles. The molecule has 6 heteroatoms. The summed E-state index contributed by atoms with van der Waals surface area (Å²) in [4.78, 5) is 38.4. The van der Waals surface area contributed by atoms with Gasteiger partial charge < -0.3 is 14.2 Å². The van der Waals surface area contributed by atoms with Crippen LogP contribution in [0.1, 0.15) is 367 Å². The minimum atomic E-state index is -0.776. The van der Waals surface area contributed by atoms with Crippen molar-refractivity contribution in [2.75, 3.05) is 13.2 Å². The molecular formula is C71H130O6. The summed E-state index contributed by atoms with van der Waals surface area (Å²) in [6, 6.07) is 0. The molecule has 0 aliphatic rings. The zero-order valence-corrected chi connectivity index (χ0v) is 51.7. The van der Waals surface area contributed by atoms with Crippen LogP contribution in [0, 0.1) is 0 Å². The highest BCUT2D eigenvalue weighted by Crippen LogP contribution is 2.18. The Morgan fingerprint density at radius 1 is 0.273 bits per heavy atom. The summed E-state index contributed by atoms with van der Waals surface area (Å²) in [5.41, 5.74) is 0. The molecule has 0 N–H and O–H groups in total. The fraction of sp³-hybridized carbons (Fsp3) is 0.845. The smallest absolute Gasteiger partial charge is 0.306 e. The van der Waals surface area contributed by atoms with Gasteiger partial charge in [0, 0.05) is 19.3 Å². The molecular weight excluding hydrogens is 949 g/mol. The fourth-order valence-corrected chi connectivity index (χ4v) is 10.3. The van der Waals surface area contributed by atoms with E-state index >= 15 is 0 Å². The summed E-state index contributed by atoms with van der Waals surface area (Å²) in [7, 11) is 0. The van der Waals surface area contributed by atoms with E-state index in [2.05, 4.69) is 69.4 Å². The van der Waals surface area contributed by atoms with Gasteiger partial charge in [-0.3, -0.25) is 14.4 Å². The Kier molecular flexibility index (Phi) is 63.6. The molecule has 6 nitrogen and oxygen atoms in total. The topological polar surface area (TPSA) is 78.9 Å². The van der Waals surface area contributed by atoms with Gasteiger partial charge in [0.1, 0.15) is 13.2 Å². The number of hydrogen-bond acceptors (Lipinski definition) is 6. The van der Waals surface area contributed by atoms with E-state index in [1.165, 1.54) is 238 Å². The quantitative estimate of drug-likeness (QED) is 0.0261. The van der Waals surface area contributed by atoms with Gasteiger partial charge in [-0.25, -0.2) is 0 Å². The summed E-state index contributed by atoms with van der Waals surface area (Å²) in [5, 5.41) is 0. The van der Waals surface area contributed by atoms with E-state index in [4.69, 9.17) is 14.2 Å². The normalized spacial score (nSPS) is 12.3. The van der Waals surface area contributed by atoms with Gasteiger partial charge in [0.25, 0.3) is 0 Å². The van der Waals surface area contributed by atoms with Gasteiger partial charge in [0.15, 0.2) is 6.10 Å². The monoisotopic (exact) mass is 1080 g/mol. The van der Waals surface area contributed by atoms with Gasteiger partial charge in [0.05, 0.1) is 0 Å². The molecule has 0 aromatic rings. The van der Waals surface area contributed by atoms with Crippen molar-refractivity contribution in [2.45, 2.75) is 374 Å². The molecule has 1 unspecified atom stereocenters. The van der Waals surface area contributed by atoms with Crippen LogP contribution in [0.15, 0.2) is 48.6 Å². The molecule has 0 aromatic carbocycles. The SMILES string of the molecule is CC/C=C\C/C=C\C/C=C\C/C=C\CCCCCCCCCCC(=O)OC(COC(=O)CCCCCCCCCCCCCCCCCC)COC(=O)CCCCCCCCCCCCCCCCCCCCCCCC. The van der Waals surface area contributed by atoms with Gasteiger partial charge in [-0.1, -0.05) is 339 Å². The molecule has 0 amide bonds. The molecule has 77 heavy (non-hydrogen) atoms. The van der Waals surface area contributed by atoms with Crippen molar-refractivity contribution in [1.82, 2.24) is 0 Å². The van der Waals surface area contributed by atoms with Crippen LogP contribution in [-0.2, 0) is 28.6 Å². The second-order valence-corrected chi connectivity index (χ2v) is 23.1. The third-order valence-corrected chi connectivity index (χ3v) is 15.3. The molecule has 0 radical (unpaired) electrons. The van der Waals surface area contributed by atoms with E-state index in [1.54, 1.807) is 0 Å². The van der Waals surface area contributed by atoms with Gasteiger partial charge in [-0.05, 0) is 57.8 Å². The maximum atomic E-state index is 12.9. The lowest BCUT2D eigenvalue weighted by atomic mass is 10.0. The lowest BCUT2D eigenvalue weighted by Gasteiger charge is -2.18. The van der Waals surface area contributed by atoms with Crippen LogP contribution in [0.25, 0.3) is 0 Å². The van der Waals surface area contributed by atoms with Crippen molar-refractivity contribution in [3.8, 4) is 0 Å². The van der Waals surface area contributed by atoms with Crippen molar-refractivity contribution >= 4 is 17.9 Å². The maximum absolute atomic E-state index is 12.9. The first kappa shape index (κ1) is 74.4. The van der Waals surface area contributed by atoms with E-state index in [-0.39, 0.29) is 31.1 Å². The van der Waals surface area contributed by atoms with Gasteiger partial charge in [0.2, 0.25) is 0 Å². The number of carbonyl (C=O) groups excluding carboxylic acids is 3. The lowest BCUT2D eigenvalue weighted by Crippen LogP contribution is -2.30. The second kappa shape index (κ2) is 65.9. The van der Waals surface area contributed by atoms with Crippen LogP contribution in [-0.4, -0.2) is 37.2 Å². The summed E-state index contributed by atoms with van der Waals surface area (Å²) in [5.74, 6) is -0.851. The molecule has 0 rings (SSSR count). The van der Waals surface area contributed by atoms with Gasteiger partial charge in [-0.15, -0.1) is 0 Å². The zero-order chi connectivity index (χ0) is 55.7. The highest BCUT2D eigenvalue weighted by atomic mass is 16.6. The number of rotatable bonds is 63. The molecule has 450 valence electrons. The standard InChI is InChI=1S/C71H130O6/c1-4-7-10-13-16-19-22-25-28-31-33-35-37-38-40-43-46-49-52-55-58-61-64-70(73)76-67-68(66-75-69(72)63-60-57-54-51-48-45-42-30-27-24-21-18-15-12-9-6-3)77-71(74)65-62-59-56-53-50-47-44-41-39-36-34-32-29-26-23-20-17-14-11-8-5-2/h8,11,17,20,26,29,34,36,68H,4-7,9-10,12-16,18-19,21-25,27-28,30-33,35,37-67H2,1-3H3/b11-8-,20-17-,29-26-,36-34-. The molecule has 0 aliphatic heterocycles. The van der Waals surface area contributed by atoms with E-state index in [1.807, 2.05) is 0 Å². The number of carbonyl (C=O) groups is 3. The number of hydrogen-bond donors (Lipinski definition) is 0. The fourth-order valence-electron chi connectivity index (χ4n) is 10.3. The zero-order valence-electron chi connectivity index (χ0n) is 51.7. The van der Waals surface area contributed by atoms with Crippen LogP contribution in [0.4, 0.5) is 0 Å². The van der Waals surface area contributed by atoms with Gasteiger partial charge in [-0.2, -0.15) is 0 Å². The number of ether oxygens (including phenoxy) is 3. The third kappa shape index (κ3) is 64.1. The van der Waals surface area contributed by atoms with Crippen molar-refractivity contribution in [3.05, 3.63) is 48.6 Å². The minimum absolute atomic E-state index is 0.0709. The summed E-state index contributed by atoms with van der Waals surface area (Å²) in [6.07, 6.45) is 82.7. The first-order valence-corrected chi connectivity index (χ1v) is 34.1. The lowest BCUT2D eigenvalue weighted by molar-refractivity contribution is -0.167. The highest BCUT2D eigenvalue weighted by molar-refractivity contribution is 5.71. The molecule has 0 spiro atoms. The van der Waals surface area contributed by atoms with E-state index < -0.39 is 6.10 Å². The second-order valence-electron chi connectivity index (χ2n) is 23.1. The summed E-state index contributed by atoms with van der Waals surface area (Å²) >= 11 is 0. The number of unbranched alkanes of at least 4 members (excludes halogenated alkanes) is 44. The Balaban J connectivity index is 4.32. The predicted octanol–water partition coefficient (Wildman–Crippen LogP) is 23.3. The van der Waals surface area contributed by atoms with Crippen molar-refractivity contribution in [3.63, 3.8) is 0 Å². The van der Waals surface area contributed by atoms with E-state index in [0.717, 1.165) is 89.9 Å². The average molecular weight is 1080 g/mol. The largest absolute Gasteiger partial charge is 0.462 e. The van der Waals surface area contributed by atoms with E-state index in [9.17, 15) is 14.4 Å². The van der Waals surface area contributed by atoms with Crippen LogP contribution in [0.2, 0.25) is 0 Å². The van der Waals surface area contributed by atoms with E-state index in [0.29, 0.717) is 19.3 Å². The van der Waals surface area contributed by atoms with Crippen molar-refractivity contribution in [2.24, 2.45) is 0 Å².